The molecule has 0 saturated carbocycles. The molecule has 1 aromatic rings. The SMILES string of the molecule is CSCCCCCc1cc(C)c(Br)cn1. The van der Waals surface area contributed by atoms with Gasteiger partial charge in [0.15, 0.2) is 0 Å². The van der Waals surface area contributed by atoms with Gasteiger partial charge in [0.25, 0.3) is 0 Å². The third-order valence-electron chi connectivity index (χ3n) is 2.38. The lowest BCUT2D eigenvalue weighted by molar-refractivity contribution is 0.711. The normalized spacial score (nSPS) is 10.6. The van der Waals surface area contributed by atoms with Crippen LogP contribution in [0, 0.1) is 6.92 Å². The van der Waals surface area contributed by atoms with Crippen LogP contribution in [0.25, 0.3) is 0 Å². The number of halogens is 1. The third-order valence-corrected chi connectivity index (χ3v) is 3.91. The second-order valence-corrected chi connectivity index (χ2v) is 5.57. The van der Waals surface area contributed by atoms with Crippen LogP contribution in [0.1, 0.15) is 30.5 Å². The molecule has 0 aromatic carbocycles. The van der Waals surface area contributed by atoms with Crippen LogP contribution in [-0.4, -0.2) is 17.0 Å². The smallest absolute Gasteiger partial charge is 0.0416 e. The molecule has 0 amide bonds. The van der Waals surface area contributed by atoms with Gasteiger partial charge in [0.1, 0.15) is 0 Å². The summed E-state index contributed by atoms with van der Waals surface area (Å²) in [5.74, 6) is 1.28. The van der Waals surface area contributed by atoms with Gasteiger partial charge in [-0.3, -0.25) is 4.98 Å². The Labute approximate surface area is 105 Å². The van der Waals surface area contributed by atoms with E-state index >= 15 is 0 Å². The number of rotatable bonds is 6. The van der Waals surface area contributed by atoms with Crippen LogP contribution >= 0.6 is 27.7 Å². The van der Waals surface area contributed by atoms with E-state index in [4.69, 9.17) is 0 Å². The molecular weight excluding hydrogens is 270 g/mol. The number of pyridine rings is 1. The zero-order chi connectivity index (χ0) is 11.1. The highest BCUT2D eigenvalue weighted by atomic mass is 79.9. The molecule has 0 aliphatic heterocycles. The number of thioether (sulfide) groups is 1. The Bertz CT molecular complexity index is 302. The van der Waals surface area contributed by atoms with Gasteiger partial charge in [0.05, 0.1) is 0 Å². The van der Waals surface area contributed by atoms with Crippen LogP contribution in [0.15, 0.2) is 16.7 Å². The van der Waals surface area contributed by atoms with Crippen molar-refractivity contribution >= 4 is 27.7 Å². The highest BCUT2D eigenvalue weighted by Crippen LogP contribution is 2.16. The molecule has 0 saturated heterocycles. The highest BCUT2D eigenvalue weighted by Gasteiger charge is 1.98. The third kappa shape index (κ3) is 5.03. The average Bonchev–Trinajstić information content (AvgIpc) is 2.23. The topological polar surface area (TPSA) is 12.9 Å². The lowest BCUT2D eigenvalue weighted by atomic mass is 10.1. The molecule has 0 aliphatic carbocycles. The van der Waals surface area contributed by atoms with Gasteiger partial charge in [0.2, 0.25) is 0 Å². The fourth-order valence-corrected chi connectivity index (χ4v) is 2.17. The molecule has 0 N–H and O–H groups in total. The Kier molecular flexibility index (Phi) is 6.34. The van der Waals surface area contributed by atoms with E-state index in [-0.39, 0.29) is 0 Å². The molecule has 0 unspecified atom stereocenters. The summed E-state index contributed by atoms with van der Waals surface area (Å²) in [6.07, 6.45) is 9.09. The monoisotopic (exact) mass is 287 g/mol. The average molecular weight is 288 g/mol. The van der Waals surface area contributed by atoms with E-state index in [1.807, 2.05) is 18.0 Å². The van der Waals surface area contributed by atoms with Crippen molar-refractivity contribution in [2.24, 2.45) is 0 Å². The Morgan fingerprint density at radius 2 is 2.13 bits per heavy atom. The number of unbranched alkanes of at least 4 members (excludes halogenated alkanes) is 2. The minimum atomic E-state index is 1.11. The summed E-state index contributed by atoms with van der Waals surface area (Å²) in [5, 5.41) is 0. The maximum Gasteiger partial charge on any atom is 0.0416 e. The minimum absolute atomic E-state index is 1.11. The van der Waals surface area contributed by atoms with Crippen LogP contribution in [0.4, 0.5) is 0 Å². The molecule has 0 atom stereocenters. The van der Waals surface area contributed by atoms with E-state index in [2.05, 4.69) is 40.2 Å². The van der Waals surface area contributed by atoms with Crippen molar-refractivity contribution < 1.29 is 0 Å². The molecular formula is C12H18BrNS. The van der Waals surface area contributed by atoms with Gasteiger partial charge >= 0.3 is 0 Å². The quantitative estimate of drug-likeness (QED) is 0.727. The predicted octanol–water partition coefficient (Wildman–Crippen LogP) is 4.23. The molecule has 1 rings (SSSR count). The van der Waals surface area contributed by atoms with Crippen LogP contribution in [-0.2, 0) is 6.42 Å². The summed E-state index contributed by atoms with van der Waals surface area (Å²) >= 11 is 5.40. The van der Waals surface area contributed by atoms with E-state index < -0.39 is 0 Å². The first-order valence-corrected chi connectivity index (χ1v) is 7.52. The summed E-state index contributed by atoms with van der Waals surface area (Å²) in [4.78, 5) is 4.40. The fourth-order valence-electron chi connectivity index (χ4n) is 1.46. The molecule has 15 heavy (non-hydrogen) atoms. The van der Waals surface area contributed by atoms with E-state index in [9.17, 15) is 0 Å². The number of aromatic nitrogens is 1. The van der Waals surface area contributed by atoms with Crippen LogP contribution in [0.2, 0.25) is 0 Å². The number of hydrogen-bond donors (Lipinski definition) is 0. The first kappa shape index (κ1) is 13.0. The standard InChI is InChI=1S/C12H18BrNS/c1-10-8-11(14-9-12(10)13)6-4-3-5-7-15-2/h8-9H,3-7H2,1-2H3. The fraction of sp³-hybridized carbons (Fsp3) is 0.583. The van der Waals surface area contributed by atoms with Crippen molar-refractivity contribution in [2.75, 3.05) is 12.0 Å². The maximum atomic E-state index is 4.40. The first-order chi connectivity index (χ1) is 7.24. The van der Waals surface area contributed by atoms with Gasteiger partial charge in [0, 0.05) is 16.4 Å². The lowest BCUT2D eigenvalue weighted by Gasteiger charge is -2.03. The molecule has 0 bridgehead atoms. The summed E-state index contributed by atoms with van der Waals surface area (Å²) < 4.78 is 1.11. The second kappa shape index (κ2) is 7.29. The molecule has 1 nitrogen and oxygen atoms in total. The molecule has 1 aromatic heterocycles. The summed E-state index contributed by atoms with van der Waals surface area (Å²) in [5.41, 5.74) is 2.50. The highest BCUT2D eigenvalue weighted by molar-refractivity contribution is 9.10. The molecule has 0 radical (unpaired) electrons. The number of hydrogen-bond acceptors (Lipinski definition) is 2. The van der Waals surface area contributed by atoms with Crippen molar-refractivity contribution in [1.29, 1.82) is 0 Å². The van der Waals surface area contributed by atoms with Gasteiger partial charge in [-0.25, -0.2) is 0 Å². The predicted molar refractivity (Wildman–Crippen MR) is 72.6 cm³/mol. The minimum Gasteiger partial charge on any atom is -0.260 e. The van der Waals surface area contributed by atoms with Gasteiger partial charge in [-0.05, 0) is 65.8 Å². The van der Waals surface area contributed by atoms with E-state index in [0.717, 1.165) is 10.9 Å². The zero-order valence-electron chi connectivity index (χ0n) is 9.42. The Morgan fingerprint density at radius 3 is 2.80 bits per heavy atom. The van der Waals surface area contributed by atoms with Crippen molar-refractivity contribution in [3.05, 3.63) is 28.0 Å². The van der Waals surface area contributed by atoms with Gasteiger partial charge in [-0.1, -0.05) is 6.42 Å². The Morgan fingerprint density at radius 1 is 1.33 bits per heavy atom. The first-order valence-electron chi connectivity index (χ1n) is 5.34. The van der Waals surface area contributed by atoms with E-state index in [1.54, 1.807) is 0 Å². The van der Waals surface area contributed by atoms with Crippen molar-refractivity contribution in [3.63, 3.8) is 0 Å². The molecule has 3 heteroatoms. The zero-order valence-corrected chi connectivity index (χ0v) is 11.8. The van der Waals surface area contributed by atoms with Crippen LogP contribution in [0.3, 0.4) is 0 Å². The molecule has 0 spiro atoms. The maximum absolute atomic E-state index is 4.40. The van der Waals surface area contributed by atoms with Crippen LogP contribution < -0.4 is 0 Å². The summed E-state index contributed by atoms with van der Waals surface area (Å²) in [6.45, 7) is 2.11. The van der Waals surface area contributed by atoms with Gasteiger partial charge in [-0.15, -0.1) is 0 Å². The molecule has 1 heterocycles. The lowest BCUT2D eigenvalue weighted by Crippen LogP contribution is -1.92. The van der Waals surface area contributed by atoms with Crippen molar-refractivity contribution in [1.82, 2.24) is 4.98 Å². The largest absolute Gasteiger partial charge is 0.260 e. The van der Waals surface area contributed by atoms with Crippen molar-refractivity contribution in [3.8, 4) is 0 Å². The molecule has 0 fully saturated rings. The van der Waals surface area contributed by atoms with E-state index in [1.165, 1.54) is 36.3 Å². The van der Waals surface area contributed by atoms with Gasteiger partial charge in [-0.2, -0.15) is 11.8 Å². The molecule has 84 valence electrons. The summed E-state index contributed by atoms with van der Waals surface area (Å²) in [6, 6.07) is 2.18. The second-order valence-electron chi connectivity index (χ2n) is 3.73. The number of nitrogens with zero attached hydrogens (tertiary/aromatic N) is 1. The van der Waals surface area contributed by atoms with Gasteiger partial charge < -0.3 is 0 Å². The van der Waals surface area contributed by atoms with Crippen LogP contribution in [0.5, 0.6) is 0 Å². The van der Waals surface area contributed by atoms with E-state index in [0.29, 0.717) is 0 Å². The number of aryl methyl sites for hydroxylation is 2. The summed E-state index contributed by atoms with van der Waals surface area (Å²) in [7, 11) is 0. The van der Waals surface area contributed by atoms with Crippen molar-refractivity contribution in [2.45, 2.75) is 32.6 Å². The molecule has 0 aliphatic rings. The Balaban J connectivity index is 2.28. The Hall–Kier alpha value is -0.0200.